The number of amides is 2. The molecule has 2 amide bonds. The third kappa shape index (κ3) is 8.08. The highest BCUT2D eigenvalue weighted by Gasteiger charge is 2.34. The molecule has 0 aliphatic rings. The van der Waals surface area contributed by atoms with Gasteiger partial charge in [0.05, 0.1) is 10.6 Å². The van der Waals surface area contributed by atoms with E-state index in [9.17, 15) is 18.0 Å². The minimum absolute atomic E-state index is 0.0638. The van der Waals surface area contributed by atoms with Gasteiger partial charge >= 0.3 is 0 Å². The molecule has 218 valence electrons. The van der Waals surface area contributed by atoms with Crippen molar-refractivity contribution < 1.29 is 18.0 Å². The molecular weight excluding hydrogens is 614 g/mol. The normalized spacial score (nSPS) is 11.9. The molecule has 0 saturated heterocycles. The van der Waals surface area contributed by atoms with Crippen molar-refractivity contribution in [3.63, 3.8) is 0 Å². The lowest BCUT2D eigenvalue weighted by molar-refractivity contribution is -0.140. The Morgan fingerprint density at radius 1 is 0.810 bits per heavy atom. The van der Waals surface area contributed by atoms with Crippen molar-refractivity contribution in [2.75, 3.05) is 17.4 Å². The third-order valence-corrected chi connectivity index (χ3v) is 9.00. The molecule has 1 atom stereocenters. The van der Waals surface area contributed by atoms with Crippen molar-refractivity contribution in [2.24, 2.45) is 0 Å². The van der Waals surface area contributed by atoms with Gasteiger partial charge in [0.25, 0.3) is 10.0 Å². The molecule has 0 aliphatic carbocycles. The highest BCUT2D eigenvalue weighted by Crippen LogP contribution is 2.27. The number of halogens is 1. The Morgan fingerprint density at radius 3 is 2.00 bits per heavy atom. The number of benzene rings is 4. The molecule has 1 N–H and O–H groups in total. The minimum Gasteiger partial charge on any atom is -0.354 e. The molecule has 0 spiro atoms. The van der Waals surface area contributed by atoms with Gasteiger partial charge in [0, 0.05) is 24.0 Å². The van der Waals surface area contributed by atoms with E-state index in [0.29, 0.717) is 16.7 Å². The number of hydrogen-bond acceptors (Lipinski definition) is 4. The number of anilines is 1. The van der Waals surface area contributed by atoms with Gasteiger partial charge in [0.2, 0.25) is 11.8 Å². The number of carbonyl (C=O) groups excluding carboxylic acids is 2. The summed E-state index contributed by atoms with van der Waals surface area (Å²) in [5, 5.41) is 2.95. The van der Waals surface area contributed by atoms with Crippen LogP contribution in [0.3, 0.4) is 0 Å². The topological polar surface area (TPSA) is 86.8 Å². The van der Waals surface area contributed by atoms with E-state index in [0.717, 1.165) is 21.9 Å². The van der Waals surface area contributed by atoms with E-state index in [-0.39, 0.29) is 23.8 Å². The fourth-order valence-corrected chi connectivity index (χ4v) is 6.39. The fraction of sp³-hybridized carbons (Fsp3) is 0.212. The van der Waals surface area contributed by atoms with E-state index in [4.69, 9.17) is 0 Å². The predicted octanol–water partition coefficient (Wildman–Crippen LogP) is 5.81. The first-order valence-corrected chi connectivity index (χ1v) is 16.0. The van der Waals surface area contributed by atoms with Gasteiger partial charge in [-0.15, -0.1) is 0 Å². The summed E-state index contributed by atoms with van der Waals surface area (Å²) in [6.07, 6.45) is 1.01. The zero-order valence-corrected chi connectivity index (χ0v) is 25.8. The van der Waals surface area contributed by atoms with Gasteiger partial charge in [-0.1, -0.05) is 108 Å². The van der Waals surface area contributed by atoms with E-state index in [1.165, 1.54) is 17.0 Å². The summed E-state index contributed by atoms with van der Waals surface area (Å²) in [4.78, 5) is 29.5. The standard InChI is InChI=1S/C33H34BrN3O4S/c1-2-21-35-33(39)31(22-26-13-6-3-7-14-26)36(24-27-15-8-4-9-16-27)32(38)25-37(29-18-12-17-28(34)23-29)42(40,41)30-19-10-5-11-20-30/h3-20,23,31H,2,21-22,24-25H2,1H3,(H,35,39). The monoisotopic (exact) mass is 647 g/mol. The second-order valence-corrected chi connectivity index (χ2v) is 12.6. The quantitative estimate of drug-likeness (QED) is 0.198. The van der Waals surface area contributed by atoms with Gasteiger partial charge in [-0.2, -0.15) is 0 Å². The maximum absolute atomic E-state index is 14.3. The van der Waals surface area contributed by atoms with Crippen LogP contribution in [0.2, 0.25) is 0 Å². The van der Waals surface area contributed by atoms with Crippen LogP contribution in [0.25, 0.3) is 0 Å². The van der Waals surface area contributed by atoms with Crippen LogP contribution in [0, 0.1) is 0 Å². The summed E-state index contributed by atoms with van der Waals surface area (Å²) in [7, 11) is -4.13. The third-order valence-electron chi connectivity index (χ3n) is 6.72. The fourth-order valence-electron chi connectivity index (χ4n) is 4.58. The lowest BCUT2D eigenvalue weighted by Crippen LogP contribution is -2.53. The second-order valence-electron chi connectivity index (χ2n) is 9.81. The molecule has 4 aromatic carbocycles. The summed E-state index contributed by atoms with van der Waals surface area (Å²) < 4.78 is 29.7. The number of carbonyl (C=O) groups is 2. The highest BCUT2D eigenvalue weighted by molar-refractivity contribution is 9.10. The molecule has 0 saturated carbocycles. The van der Waals surface area contributed by atoms with Gasteiger partial charge in [-0.3, -0.25) is 13.9 Å². The highest BCUT2D eigenvalue weighted by atomic mass is 79.9. The van der Waals surface area contributed by atoms with Gasteiger partial charge in [0.1, 0.15) is 12.6 Å². The summed E-state index contributed by atoms with van der Waals surface area (Å²) in [6.45, 7) is 2.06. The van der Waals surface area contributed by atoms with E-state index < -0.39 is 28.5 Å². The molecule has 7 nitrogen and oxygen atoms in total. The van der Waals surface area contributed by atoms with Gasteiger partial charge < -0.3 is 10.2 Å². The zero-order valence-electron chi connectivity index (χ0n) is 23.4. The van der Waals surface area contributed by atoms with Crippen molar-refractivity contribution in [1.29, 1.82) is 0 Å². The Labute approximate surface area is 256 Å². The van der Waals surface area contributed by atoms with Crippen molar-refractivity contribution in [2.45, 2.75) is 37.2 Å². The first-order valence-electron chi connectivity index (χ1n) is 13.8. The van der Waals surface area contributed by atoms with Crippen LogP contribution >= 0.6 is 15.9 Å². The SMILES string of the molecule is CCCNC(=O)C(Cc1ccccc1)N(Cc1ccccc1)C(=O)CN(c1cccc(Br)c1)S(=O)(=O)c1ccccc1. The summed E-state index contributed by atoms with van der Waals surface area (Å²) in [6, 6.07) is 32.9. The zero-order chi connectivity index (χ0) is 30.0. The summed E-state index contributed by atoms with van der Waals surface area (Å²) in [5.41, 5.74) is 2.05. The minimum atomic E-state index is -4.13. The molecular formula is C33H34BrN3O4S. The molecule has 4 rings (SSSR count). The van der Waals surface area contributed by atoms with Crippen LogP contribution in [0.15, 0.2) is 125 Å². The second kappa shape index (κ2) is 14.8. The maximum Gasteiger partial charge on any atom is 0.264 e. The van der Waals surface area contributed by atoms with Crippen molar-refractivity contribution in [1.82, 2.24) is 10.2 Å². The van der Waals surface area contributed by atoms with Crippen molar-refractivity contribution >= 4 is 43.5 Å². The molecule has 42 heavy (non-hydrogen) atoms. The van der Waals surface area contributed by atoms with Crippen molar-refractivity contribution in [3.05, 3.63) is 131 Å². The number of sulfonamides is 1. The Hall–Kier alpha value is -3.95. The smallest absolute Gasteiger partial charge is 0.264 e. The first kappa shape index (κ1) is 31.0. The summed E-state index contributed by atoms with van der Waals surface area (Å²) >= 11 is 3.43. The Bertz CT molecular complexity index is 1570. The molecule has 0 radical (unpaired) electrons. The predicted molar refractivity (Wildman–Crippen MR) is 169 cm³/mol. The van der Waals surface area contributed by atoms with E-state index in [1.807, 2.05) is 67.6 Å². The Morgan fingerprint density at radius 2 is 1.40 bits per heavy atom. The van der Waals surface area contributed by atoms with Crippen LogP contribution < -0.4 is 9.62 Å². The van der Waals surface area contributed by atoms with Gasteiger partial charge in [-0.05, 0) is 47.9 Å². The Balaban J connectivity index is 1.77. The number of nitrogens with one attached hydrogen (secondary N) is 1. The number of hydrogen-bond donors (Lipinski definition) is 1. The lowest BCUT2D eigenvalue weighted by Gasteiger charge is -2.34. The average Bonchev–Trinajstić information content (AvgIpc) is 3.01. The molecule has 0 bridgehead atoms. The average molecular weight is 649 g/mol. The van der Waals surface area contributed by atoms with Crippen LogP contribution in [0.4, 0.5) is 5.69 Å². The lowest BCUT2D eigenvalue weighted by atomic mass is 10.0. The molecule has 0 aliphatic heterocycles. The maximum atomic E-state index is 14.3. The van der Waals surface area contributed by atoms with Crippen LogP contribution in [0.5, 0.6) is 0 Å². The van der Waals surface area contributed by atoms with Crippen LogP contribution in [0.1, 0.15) is 24.5 Å². The van der Waals surface area contributed by atoms with Gasteiger partial charge in [0.15, 0.2) is 0 Å². The molecule has 0 fully saturated rings. The number of rotatable bonds is 13. The first-order chi connectivity index (χ1) is 20.3. The van der Waals surface area contributed by atoms with Crippen molar-refractivity contribution in [3.8, 4) is 0 Å². The summed E-state index contributed by atoms with van der Waals surface area (Å²) in [5.74, 6) is -0.782. The van der Waals surface area contributed by atoms with E-state index in [1.54, 1.807) is 42.5 Å². The molecule has 0 aromatic heterocycles. The number of nitrogens with zero attached hydrogens (tertiary/aromatic N) is 2. The van der Waals surface area contributed by atoms with Crippen LogP contribution in [-0.2, 0) is 32.6 Å². The molecule has 1 unspecified atom stereocenters. The molecule has 4 aromatic rings. The Kier molecular flexibility index (Phi) is 10.9. The van der Waals surface area contributed by atoms with E-state index in [2.05, 4.69) is 21.2 Å². The molecule has 9 heteroatoms. The van der Waals surface area contributed by atoms with E-state index >= 15 is 0 Å². The van der Waals surface area contributed by atoms with Crippen LogP contribution in [-0.4, -0.2) is 44.3 Å². The van der Waals surface area contributed by atoms with Gasteiger partial charge in [-0.25, -0.2) is 8.42 Å². The molecule has 0 heterocycles. The largest absolute Gasteiger partial charge is 0.354 e.